The summed E-state index contributed by atoms with van der Waals surface area (Å²) in [6, 6.07) is 3.75. The first-order chi connectivity index (χ1) is 9.28. The lowest BCUT2D eigenvalue weighted by atomic mass is 10.0. The van der Waals surface area contributed by atoms with Gasteiger partial charge in [-0.1, -0.05) is 6.42 Å². The van der Waals surface area contributed by atoms with E-state index >= 15 is 0 Å². The van der Waals surface area contributed by atoms with Crippen molar-refractivity contribution >= 4 is 11.8 Å². The van der Waals surface area contributed by atoms with Gasteiger partial charge in [-0.05, 0) is 43.7 Å². The Kier molecular flexibility index (Phi) is 3.40. The molecular formula is C15H20N2O2. The molecule has 0 N–H and O–H groups in total. The summed E-state index contributed by atoms with van der Waals surface area (Å²) in [5.74, 6) is 2.40. The second-order valence-corrected chi connectivity index (χ2v) is 5.48. The molecule has 4 nitrogen and oxygen atoms in total. The van der Waals surface area contributed by atoms with Crippen molar-refractivity contribution in [2.45, 2.75) is 26.2 Å². The largest absolute Gasteiger partial charge is 0.462 e. The van der Waals surface area contributed by atoms with Crippen molar-refractivity contribution in [3.63, 3.8) is 0 Å². The number of anilines is 1. The lowest BCUT2D eigenvalue weighted by Gasteiger charge is -2.18. The average Bonchev–Trinajstić information content (AvgIpc) is 3.00. The second kappa shape index (κ2) is 5.19. The van der Waals surface area contributed by atoms with E-state index < -0.39 is 0 Å². The molecule has 0 spiro atoms. The molecule has 2 unspecified atom stereocenters. The molecule has 4 heteroatoms. The number of esters is 1. The standard InChI is InChI=1S/C15H20N2O2/c1-2-19-15(18)11-6-7-14(16-8-11)17-9-12-4-3-5-13(12)10-17/h6-8,12-13H,2-5,9-10H2,1H3. The van der Waals surface area contributed by atoms with Crippen molar-refractivity contribution in [2.75, 3.05) is 24.6 Å². The summed E-state index contributed by atoms with van der Waals surface area (Å²) in [6.07, 6.45) is 5.74. The quantitative estimate of drug-likeness (QED) is 0.783. The van der Waals surface area contributed by atoms with Gasteiger partial charge in [0, 0.05) is 19.3 Å². The van der Waals surface area contributed by atoms with Crippen molar-refractivity contribution in [2.24, 2.45) is 11.8 Å². The predicted octanol–water partition coefficient (Wildman–Crippen LogP) is 2.49. The van der Waals surface area contributed by atoms with Gasteiger partial charge in [0.25, 0.3) is 0 Å². The number of rotatable bonds is 3. The van der Waals surface area contributed by atoms with Crippen LogP contribution in [0.1, 0.15) is 36.5 Å². The van der Waals surface area contributed by atoms with Gasteiger partial charge < -0.3 is 9.64 Å². The van der Waals surface area contributed by atoms with Crippen molar-refractivity contribution in [3.8, 4) is 0 Å². The highest BCUT2D eigenvalue weighted by Gasteiger charge is 2.36. The summed E-state index contributed by atoms with van der Waals surface area (Å²) < 4.78 is 4.96. The number of carbonyl (C=O) groups excluding carboxylic acids is 1. The van der Waals surface area contributed by atoms with Crippen LogP contribution in [-0.4, -0.2) is 30.6 Å². The Hall–Kier alpha value is -1.58. The minimum absolute atomic E-state index is 0.292. The van der Waals surface area contributed by atoms with Gasteiger partial charge in [0.1, 0.15) is 5.82 Å². The number of hydrogen-bond donors (Lipinski definition) is 0. The molecule has 0 radical (unpaired) electrons. The summed E-state index contributed by atoms with van der Waals surface area (Å²) in [5, 5.41) is 0. The number of carbonyl (C=O) groups is 1. The Bertz CT molecular complexity index is 446. The Morgan fingerprint density at radius 2 is 2.11 bits per heavy atom. The van der Waals surface area contributed by atoms with Gasteiger partial charge in [-0.2, -0.15) is 0 Å². The highest BCUT2D eigenvalue weighted by molar-refractivity contribution is 5.89. The first kappa shape index (κ1) is 12.5. The van der Waals surface area contributed by atoms with E-state index in [-0.39, 0.29) is 5.97 Å². The number of hydrogen-bond acceptors (Lipinski definition) is 4. The van der Waals surface area contributed by atoms with E-state index in [0.29, 0.717) is 12.2 Å². The molecule has 2 heterocycles. The fraction of sp³-hybridized carbons (Fsp3) is 0.600. The van der Waals surface area contributed by atoms with Gasteiger partial charge in [-0.3, -0.25) is 0 Å². The fourth-order valence-electron chi connectivity index (χ4n) is 3.33. The summed E-state index contributed by atoms with van der Waals surface area (Å²) in [6.45, 7) is 4.45. The van der Waals surface area contributed by atoms with E-state index in [2.05, 4.69) is 9.88 Å². The molecule has 0 amide bonds. The Morgan fingerprint density at radius 3 is 2.68 bits per heavy atom. The molecule has 2 aliphatic rings. The molecule has 1 aromatic heterocycles. The Balaban J connectivity index is 1.68. The molecular weight excluding hydrogens is 240 g/mol. The Labute approximate surface area is 113 Å². The normalized spacial score (nSPS) is 25.4. The summed E-state index contributed by atoms with van der Waals surface area (Å²) >= 11 is 0. The van der Waals surface area contributed by atoms with Crippen LogP contribution >= 0.6 is 0 Å². The van der Waals surface area contributed by atoms with Crippen molar-refractivity contribution in [1.82, 2.24) is 4.98 Å². The van der Waals surface area contributed by atoms with Gasteiger partial charge in [-0.25, -0.2) is 9.78 Å². The zero-order valence-electron chi connectivity index (χ0n) is 11.3. The maximum absolute atomic E-state index is 11.6. The van der Waals surface area contributed by atoms with Crippen LogP contribution in [0.15, 0.2) is 18.3 Å². The third-order valence-electron chi connectivity index (χ3n) is 4.31. The maximum Gasteiger partial charge on any atom is 0.339 e. The van der Waals surface area contributed by atoms with Crippen molar-refractivity contribution in [3.05, 3.63) is 23.9 Å². The maximum atomic E-state index is 11.6. The number of nitrogens with zero attached hydrogens (tertiary/aromatic N) is 2. The summed E-state index contributed by atoms with van der Waals surface area (Å²) in [4.78, 5) is 18.3. The minimum Gasteiger partial charge on any atom is -0.462 e. The van der Waals surface area contributed by atoms with Crippen LogP contribution in [-0.2, 0) is 4.74 Å². The lowest BCUT2D eigenvalue weighted by molar-refractivity contribution is 0.0526. The van der Waals surface area contributed by atoms with Gasteiger partial charge in [0.05, 0.1) is 12.2 Å². The van der Waals surface area contributed by atoms with Gasteiger partial charge in [0.2, 0.25) is 0 Å². The number of aromatic nitrogens is 1. The van der Waals surface area contributed by atoms with Gasteiger partial charge in [0.15, 0.2) is 0 Å². The van der Waals surface area contributed by atoms with Crippen LogP contribution < -0.4 is 4.90 Å². The molecule has 1 saturated carbocycles. The van der Waals surface area contributed by atoms with Crippen LogP contribution in [0.25, 0.3) is 0 Å². The SMILES string of the molecule is CCOC(=O)c1ccc(N2CC3CCCC3C2)nc1. The first-order valence-electron chi connectivity index (χ1n) is 7.16. The molecule has 19 heavy (non-hydrogen) atoms. The third kappa shape index (κ3) is 2.44. The van der Waals surface area contributed by atoms with Gasteiger partial charge in [-0.15, -0.1) is 0 Å². The smallest absolute Gasteiger partial charge is 0.339 e. The molecule has 2 fully saturated rings. The van der Waals surface area contributed by atoms with Crippen molar-refractivity contribution < 1.29 is 9.53 Å². The lowest BCUT2D eigenvalue weighted by Crippen LogP contribution is -2.22. The number of ether oxygens (including phenoxy) is 1. The van der Waals surface area contributed by atoms with Crippen LogP contribution in [0, 0.1) is 11.8 Å². The average molecular weight is 260 g/mol. The predicted molar refractivity (Wildman–Crippen MR) is 73.2 cm³/mol. The summed E-state index contributed by atoms with van der Waals surface area (Å²) in [7, 11) is 0. The second-order valence-electron chi connectivity index (χ2n) is 5.48. The molecule has 1 aliphatic carbocycles. The zero-order chi connectivity index (χ0) is 13.2. The highest BCUT2D eigenvalue weighted by Crippen LogP contribution is 2.38. The van der Waals surface area contributed by atoms with E-state index in [4.69, 9.17) is 4.74 Å². The molecule has 0 bridgehead atoms. The minimum atomic E-state index is -0.292. The van der Waals surface area contributed by atoms with Crippen LogP contribution in [0.4, 0.5) is 5.82 Å². The first-order valence-corrected chi connectivity index (χ1v) is 7.16. The monoisotopic (exact) mass is 260 g/mol. The van der Waals surface area contributed by atoms with E-state index in [9.17, 15) is 4.79 Å². The van der Waals surface area contributed by atoms with E-state index in [0.717, 1.165) is 30.7 Å². The molecule has 3 rings (SSSR count). The zero-order valence-corrected chi connectivity index (χ0v) is 11.3. The van der Waals surface area contributed by atoms with Crippen LogP contribution in [0.3, 0.4) is 0 Å². The molecule has 2 atom stereocenters. The topological polar surface area (TPSA) is 42.4 Å². The molecule has 0 aromatic carbocycles. The molecule has 102 valence electrons. The molecule has 1 aromatic rings. The third-order valence-corrected chi connectivity index (χ3v) is 4.31. The van der Waals surface area contributed by atoms with Crippen LogP contribution in [0.2, 0.25) is 0 Å². The number of pyridine rings is 1. The van der Waals surface area contributed by atoms with Crippen molar-refractivity contribution in [1.29, 1.82) is 0 Å². The molecule has 1 aliphatic heterocycles. The van der Waals surface area contributed by atoms with E-state index in [1.165, 1.54) is 19.3 Å². The fourth-order valence-corrected chi connectivity index (χ4v) is 3.33. The van der Waals surface area contributed by atoms with E-state index in [1.807, 2.05) is 19.1 Å². The number of fused-ring (bicyclic) bond motifs is 1. The molecule has 1 saturated heterocycles. The van der Waals surface area contributed by atoms with Crippen LogP contribution in [0.5, 0.6) is 0 Å². The highest BCUT2D eigenvalue weighted by atomic mass is 16.5. The summed E-state index contributed by atoms with van der Waals surface area (Å²) in [5.41, 5.74) is 0.532. The van der Waals surface area contributed by atoms with E-state index in [1.54, 1.807) is 6.20 Å². The Morgan fingerprint density at radius 1 is 1.37 bits per heavy atom. The van der Waals surface area contributed by atoms with Gasteiger partial charge >= 0.3 is 5.97 Å².